The third-order valence-electron chi connectivity index (χ3n) is 5.48. The summed E-state index contributed by atoms with van der Waals surface area (Å²) in [6.45, 7) is 4.07. The van der Waals surface area contributed by atoms with Crippen molar-refractivity contribution in [1.82, 2.24) is 4.37 Å². The SMILES string of the molecule is C=CCC(CSC)C(N)(C/C=C/COc1ccc(-c2nsc3cc(Br)ccc23)cc1)C(=O)O. The zero-order chi connectivity index (χ0) is 23.8. The summed E-state index contributed by atoms with van der Waals surface area (Å²) in [4.78, 5) is 11.9. The Balaban J connectivity index is 1.59. The van der Waals surface area contributed by atoms with E-state index in [-0.39, 0.29) is 12.3 Å². The Bertz CT molecular complexity index is 1130. The fourth-order valence-corrected chi connectivity index (χ4v) is 5.76. The monoisotopic (exact) mass is 546 g/mol. The highest BCUT2D eigenvalue weighted by Crippen LogP contribution is 2.33. The van der Waals surface area contributed by atoms with E-state index >= 15 is 0 Å². The Morgan fingerprint density at radius 1 is 1.33 bits per heavy atom. The number of ether oxygens (including phenoxy) is 1. The van der Waals surface area contributed by atoms with Crippen molar-refractivity contribution in [3.8, 4) is 17.0 Å². The van der Waals surface area contributed by atoms with E-state index in [4.69, 9.17) is 10.5 Å². The molecule has 2 atom stereocenters. The van der Waals surface area contributed by atoms with Crippen LogP contribution in [0.3, 0.4) is 0 Å². The number of carbonyl (C=O) groups is 1. The van der Waals surface area contributed by atoms with Gasteiger partial charge in [0.05, 0.1) is 10.4 Å². The number of fused-ring (bicyclic) bond motifs is 1. The molecule has 3 aromatic rings. The number of hydrogen-bond acceptors (Lipinski definition) is 6. The number of thioether (sulfide) groups is 1. The molecule has 0 saturated heterocycles. The number of aromatic nitrogens is 1. The molecule has 33 heavy (non-hydrogen) atoms. The van der Waals surface area contributed by atoms with Crippen molar-refractivity contribution in [1.29, 1.82) is 0 Å². The summed E-state index contributed by atoms with van der Waals surface area (Å²) in [5.41, 5.74) is 6.96. The first-order valence-corrected chi connectivity index (χ1v) is 13.4. The third kappa shape index (κ3) is 6.26. The van der Waals surface area contributed by atoms with Gasteiger partial charge in [0.2, 0.25) is 0 Å². The second kappa shape index (κ2) is 11.8. The van der Waals surface area contributed by atoms with E-state index in [0.29, 0.717) is 18.8 Å². The molecule has 0 aliphatic carbocycles. The second-order valence-electron chi connectivity index (χ2n) is 7.70. The average Bonchev–Trinajstić information content (AvgIpc) is 3.21. The zero-order valence-corrected chi connectivity index (χ0v) is 21.6. The van der Waals surface area contributed by atoms with Crippen LogP contribution in [0.25, 0.3) is 21.3 Å². The van der Waals surface area contributed by atoms with Gasteiger partial charge in [-0.2, -0.15) is 16.1 Å². The molecule has 2 unspecified atom stereocenters. The fourth-order valence-electron chi connectivity index (χ4n) is 3.58. The van der Waals surface area contributed by atoms with Crippen LogP contribution in [0.1, 0.15) is 12.8 Å². The molecule has 3 N–H and O–H groups in total. The van der Waals surface area contributed by atoms with Gasteiger partial charge in [-0.15, -0.1) is 6.58 Å². The molecule has 8 heteroatoms. The molecule has 0 saturated carbocycles. The van der Waals surface area contributed by atoms with Crippen LogP contribution in [-0.4, -0.2) is 39.6 Å². The summed E-state index contributed by atoms with van der Waals surface area (Å²) < 4.78 is 12.6. The van der Waals surface area contributed by atoms with E-state index in [1.54, 1.807) is 23.9 Å². The minimum absolute atomic E-state index is 0.191. The maximum atomic E-state index is 11.9. The first-order valence-electron chi connectivity index (χ1n) is 10.4. The summed E-state index contributed by atoms with van der Waals surface area (Å²) in [7, 11) is 0. The van der Waals surface area contributed by atoms with E-state index in [1.165, 1.54) is 11.5 Å². The fraction of sp³-hybridized carbons (Fsp3) is 0.280. The van der Waals surface area contributed by atoms with Crippen LogP contribution in [0, 0.1) is 5.92 Å². The Morgan fingerprint density at radius 3 is 2.76 bits per heavy atom. The van der Waals surface area contributed by atoms with E-state index in [2.05, 4.69) is 39.0 Å². The van der Waals surface area contributed by atoms with Crippen LogP contribution < -0.4 is 10.5 Å². The molecule has 0 bridgehead atoms. The summed E-state index contributed by atoms with van der Waals surface area (Å²) in [6, 6.07) is 14.0. The Labute approximate surface area is 211 Å². The molecule has 3 rings (SSSR count). The van der Waals surface area contributed by atoms with Crippen LogP contribution in [0.5, 0.6) is 5.75 Å². The molecular formula is C25H27BrN2O3S2. The van der Waals surface area contributed by atoms with Gasteiger partial charge in [0.25, 0.3) is 0 Å². The lowest BCUT2D eigenvalue weighted by atomic mass is 9.81. The number of carboxylic acid groups (broad SMARTS) is 1. The van der Waals surface area contributed by atoms with Crippen molar-refractivity contribution in [2.75, 3.05) is 18.6 Å². The number of rotatable bonds is 12. The van der Waals surface area contributed by atoms with Gasteiger partial charge in [0.1, 0.15) is 17.9 Å². The largest absolute Gasteiger partial charge is 0.490 e. The zero-order valence-electron chi connectivity index (χ0n) is 18.4. The first-order chi connectivity index (χ1) is 15.9. The van der Waals surface area contributed by atoms with Crippen molar-refractivity contribution in [3.63, 3.8) is 0 Å². The summed E-state index contributed by atoms with van der Waals surface area (Å²) in [5.74, 6) is 0.210. The molecule has 174 valence electrons. The Morgan fingerprint density at radius 2 is 2.09 bits per heavy atom. The minimum atomic E-state index is -1.33. The van der Waals surface area contributed by atoms with Crippen LogP contribution >= 0.6 is 39.2 Å². The predicted molar refractivity (Wildman–Crippen MR) is 143 cm³/mol. The van der Waals surface area contributed by atoms with Gasteiger partial charge in [0, 0.05) is 21.3 Å². The molecule has 5 nitrogen and oxygen atoms in total. The summed E-state index contributed by atoms with van der Waals surface area (Å²) >= 11 is 6.57. The van der Waals surface area contributed by atoms with Crippen LogP contribution in [0.15, 0.2) is 71.7 Å². The van der Waals surface area contributed by atoms with Gasteiger partial charge in [-0.25, -0.2) is 0 Å². The van der Waals surface area contributed by atoms with Crippen molar-refractivity contribution in [3.05, 3.63) is 71.7 Å². The number of hydrogen-bond donors (Lipinski definition) is 2. The number of halogens is 1. The third-order valence-corrected chi connectivity index (χ3v) is 7.51. The molecule has 0 amide bonds. The lowest BCUT2D eigenvalue weighted by Crippen LogP contribution is -2.54. The highest BCUT2D eigenvalue weighted by molar-refractivity contribution is 9.10. The molecule has 0 aliphatic rings. The number of nitrogens with zero attached hydrogens (tertiary/aromatic N) is 1. The molecule has 0 aliphatic heterocycles. The Kier molecular flexibility index (Phi) is 9.14. The first kappa shape index (κ1) is 25.5. The van der Waals surface area contributed by atoms with Gasteiger partial charge in [-0.1, -0.05) is 40.2 Å². The van der Waals surface area contributed by atoms with Gasteiger partial charge in [0.15, 0.2) is 0 Å². The lowest BCUT2D eigenvalue weighted by Gasteiger charge is -2.32. The number of aliphatic carboxylic acids is 1. The number of carboxylic acids is 1. The molecule has 0 radical (unpaired) electrons. The summed E-state index contributed by atoms with van der Waals surface area (Å²) in [6.07, 6.45) is 8.08. The number of allylic oxidation sites excluding steroid dienone is 1. The van der Waals surface area contributed by atoms with Gasteiger partial charge in [-0.3, -0.25) is 4.79 Å². The quantitative estimate of drug-likeness (QED) is 0.256. The minimum Gasteiger partial charge on any atom is -0.490 e. The molecule has 2 aromatic carbocycles. The molecule has 1 heterocycles. The van der Waals surface area contributed by atoms with Crippen LogP contribution in [0.4, 0.5) is 0 Å². The predicted octanol–water partition coefficient (Wildman–Crippen LogP) is 6.39. The van der Waals surface area contributed by atoms with Gasteiger partial charge < -0.3 is 15.6 Å². The van der Waals surface area contributed by atoms with E-state index in [1.807, 2.05) is 42.7 Å². The molecule has 1 aromatic heterocycles. The van der Waals surface area contributed by atoms with Crippen LogP contribution in [-0.2, 0) is 4.79 Å². The maximum Gasteiger partial charge on any atom is 0.324 e. The number of benzene rings is 2. The van der Waals surface area contributed by atoms with Crippen LogP contribution in [0.2, 0.25) is 0 Å². The lowest BCUT2D eigenvalue weighted by molar-refractivity contribution is -0.145. The topological polar surface area (TPSA) is 85.4 Å². The van der Waals surface area contributed by atoms with Crippen molar-refractivity contribution in [2.45, 2.75) is 18.4 Å². The standard InChI is InChI=1S/C25H27BrN2O3S2/c1-3-6-18(16-32-2)25(27,24(29)30)13-4-5-14-31-20-10-7-17(8-11-20)23-21-12-9-19(26)15-22(21)33-28-23/h3-5,7-12,15,18H,1,6,13-14,16,27H2,2H3,(H,29,30)/b5-4+. The maximum absolute atomic E-state index is 11.9. The highest BCUT2D eigenvalue weighted by Gasteiger charge is 2.40. The second-order valence-corrected chi connectivity index (χ2v) is 10.3. The molecular weight excluding hydrogens is 520 g/mol. The van der Waals surface area contributed by atoms with Crippen molar-refractivity contribution < 1.29 is 14.6 Å². The Hall–Kier alpha value is -2.13. The van der Waals surface area contributed by atoms with E-state index in [9.17, 15) is 9.90 Å². The smallest absolute Gasteiger partial charge is 0.324 e. The number of nitrogens with two attached hydrogens (primary N) is 1. The highest BCUT2D eigenvalue weighted by atomic mass is 79.9. The van der Waals surface area contributed by atoms with E-state index in [0.717, 1.165) is 31.6 Å². The molecule has 0 spiro atoms. The van der Waals surface area contributed by atoms with Crippen molar-refractivity contribution in [2.24, 2.45) is 11.7 Å². The summed E-state index contributed by atoms with van der Waals surface area (Å²) in [5, 5.41) is 10.9. The van der Waals surface area contributed by atoms with Crippen molar-refractivity contribution >= 4 is 55.3 Å². The molecule has 0 fully saturated rings. The normalized spacial score (nSPS) is 14.3. The van der Waals surface area contributed by atoms with Gasteiger partial charge in [-0.05, 0) is 72.8 Å². The average molecular weight is 548 g/mol. The van der Waals surface area contributed by atoms with Gasteiger partial charge >= 0.3 is 5.97 Å². The van der Waals surface area contributed by atoms with E-state index < -0.39 is 11.5 Å².